The Hall–Kier alpha value is -2.10. The minimum Gasteiger partial charge on any atom is -0.511 e. The number of hydrogen-bond donors (Lipinski definition) is 1. The Morgan fingerprint density at radius 1 is 1.12 bits per heavy atom. The minimum absolute atomic E-state index is 0.0830. The van der Waals surface area contributed by atoms with Crippen molar-refractivity contribution >= 4 is 11.8 Å². The fraction of sp³-hybridized carbons (Fsp3) is 0.545. The van der Waals surface area contributed by atoms with Crippen LogP contribution in [-0.2, 0) is 26.2 Å². The minimum atomic E-state index is -0.766. The van der Waals surface area contributed by atoms with Gasteiger partial charge in [0.25, 0.3) is 0 Å². The van der Waals surface area contributed by atoms with Gasteiger partial charge in [0.15, 0.2) is 6.10 Å². The molecular formula is C22H30O4. The van der Waals surface area contributed by atoms with Gasteiger partial charge in [0.1, 0.15) is 11.3 Å². The number of ether oxygens (including phenoxy) is 1. The fourth-order valence-corrected chi connectivity index (χ4v) is 3.15. The zero-order chi connectivity index (χ0) is 19.6. The fourth-order valence-electron chi connectivity index (χ4n) is 3.15. The van der Waals surface area contributed by atoms with E-state index in [2.05, 4.69) is 32.9 Å². The summed E-state index contributed by atoms with van der Waals surface area (Å²) in [5, 5.41) is 10.5. The predicted molar refractivity (Wildman–Crippen MR) is 102 cm³/mol. The van der Waals surface area contributed by atoms with Gasteiger partial charge in [-0.05, 0) is 35.3 Å². The Labute approximate surface area is 156 Å². The van der Waals surface area contributed by atoms with Gasteiger partial charge in [0.2, 0.25) is 5.78 Å². The molecule has 1 N–H and O–H groups in total. The Balaban J connectivity index is 2.15. The molecule has 4 heteroatoms. The number of Topliss-reactive ketones (excluding diaryl/α,β-unsaturated/α-hetero) is 1. The number of hydrogen-bond acceptors (Lipinski definition) is 4. The average Bonchev–Trinajstić information content (AvgIpc) is 2.79. The topological polar surface area (TPSA) is 63.6 Å². The number of aliphatic hydroxyl groups is 1. The van der Waals surface area contributed by atoms with Gasteiger partial charge in [0.05, 0.1) is 0 Å². The molecule has 1 heterocycles. The van der Waals surface area contributed by atoms with E-state index in [0.717, 1.165) is 5.56 Å². The van der Waals surface area contributed by atoms with Crippen LogP contribution in [0.15, 0.2) is 35.6 Å². The van der Waals surface area contributed by atoms with Crippen LogP contribution >= 0.6 is 0 Å². The molecule has 0 spiro atoms. The van der Waals surface area contributed by atoms with Crippen molar-refractivity contribution in [2.75, 3.05) is 0 Å². The Kier molecular flexibility index (Phi) is 5.94. The highest BCUT2D eigenvalue weighted by molar-refractivity contribution is 6.23. The maximum atomic E-state index is 12.4. The second-order valence-corrected chi connectivity index (χ2v) is 8.70. The van der Waals surface area contributed by atoms with Gasteiger partial charge < -0.3 is 9.84 Å². The van der Waals surface area contributed by atoms with E-state index in [4.69, 9.17) is 4.74 Å². The lowest BCUT2D eigenvalue weighted by Crippen LogP contribution is -2.19. The monoisotopic (exact) mass is 358 g/mol. The first-order valence-corrected chi connectivity index (χ1v) is 9.28. The summed E-state index contributed by atoms with van der Waals surface area (Å²) in [4.78, 5) is 24.5. The molecule has 0 radical (unpaired) electrons. The second-order valence-electron chi connectivity index (χ2n) is 8.70. The number of benzene rings is 1. The first-order valence-electron chi connectivity index (χ1n) is 9.28. The number of rotatable bonds is 5. The quantitative estimate of drug-likeness (QED) is 0.364. The van der Waals surface area contributed by atoms with E-state index in [-0.39, 0.29) is 28.6 Å². The van der Waals surface area contributed by atoms with Crippen molar-refractivity contribution in [1.29, 1.82) is 0 Å². The molecule has 1 aromatic carbocycles. The lowest BCUT2D eigenvalue weighted by Gasteiger charge is -2.19. The normalized spacial score (nSPS) is 21.1. The van der Waals surface area contributed by atoms with E-state index < -0.39 is 17.9 Å². The molecule has 0 aromatic heterocycles. The SMILES string of the molecule is CC(C)CC1OC(=O)C(=C(O)C(C)Cc2ccc(C(C)(C)C)cc2)C1=O. The smallest absolute Gasteiger partial charge is 0.346 e. The summed E-state index contributed by atoms with van der Waals surface area (Å²) in [6, 6.07) is 8.23. The van der Waals surface area contributed by atoms with Gasteiger partial charge in [-0.1, -0.05) is 65.8 Å². The summed E-state index contributed by atoms with van der Waals surface area (Å²) in [5.41, 5.74) is 2.20. The molecule has 2 unspecified atom stereocenters. The molecule has 1 saturated heterocycles. The maximum Gasteiger partial charge on any atom is 0.346 e. The molecule has 1 aliphatic rings. The Morgan fingerprint density at radius 3 is 2.19 bits per heavy atom. The number of esters is 1. The van der Waals surface area contributed by atoms with Crippen LogP contribution in [0, 0.1) is 11.8 Å². The molecule has 0 saturated carbocycles. The van der Waals surface area contributed by atoms with Gasteiger partial charge in [-0.15, -0.1) is 0 Å². The molecule has 4 nitrogen and oxygen atoms in total. The van der Waals surface area contributed by atoms with Crippen molar-refractivity contribution in [2.45, 2.75) is 65.9 Å². The zero-order valence-electron chi connectivity index (χ0n) is 16.6. The first kappa shape index (κ1) is 20.2. The van der Waals surface area contributed by atoms with Crippen LogP contribution < -0.4 is 0 Å². The molecule has 2 rings (SSSR count). The van der Waals surface area contributed by atoms with Crippen molar-refractivity contribution in [3.8, 4) is 0 Å². The predicted octanol–water partition coefficient (Wildman–Crippen LogP) is 4.52. The van der Waals surface area contributed by atoms with E-state index in [1.807, 2.05) is 32.9 Å². The van der Waals surface area contributed by atoms with Gasteiger partial charge in [-0.3, -0.25) is 4.79 Å². The molecule has 2 atom stereocenters. The molecule has 26 heavy (non-hydrogen) atoms. The summed E-state index contributed by atoms with van der Waals surface area (Å²) >= 11 is 0. The molecular weight excluding hydrogens is 328 g/mol. The number of allylic oxidation sites excluding steroid dienone is 1. The van der Waals surface area contributed by atoms with E-state index in [1.54, 1.807) is 0 Å². The standard InChI is InChI=1S/C22H30O4/c1-13(2)11-17-20(24)18(21(25)26-17)19(23)14(3)12-15-7-9-16(10-8-15)22(4,5)6/h7-10,13-14,17,23H,11-12H2,1-6H3. The highest BCUT2D eigenvalue weighted by atomic mass is 16.6. The van der Waals surface area contributed by atoms with Crippen LogP contribution in [0.4, 0.5) is 0 Å². The van der Waals surface area contributed by atoms with Crippen LogP contribution in [0.25, 0.3) is 0 Å². The van der Waals surface area contributed by atoms with Crippen LogP contribution in [-0.4, -0.2) is 23.0 Å². The summed E-state index contributed by atoms with van der Waals surface area (Å²) in [7, 11) is 0. The van der Waals surface area contributed by atoms with Gasteiger partial charge in [0, 0.05) is 5.92 Å². The zero-order valence-corrected chi connectivity index (χ0v) is 16.6. The lowest BCUT2D eigenvalue weighted by atomic mass is 9.86. The number of cyclic esters (lactones) is 1. The number of aliphatic hydroxyl groups excluding tert-OH is 1. The third kappa shape index (κ3) is 4.54. The number of carbonyl (C=O) groups is 2. The van der Waals surface area contributed by atoms with E-state index in [9.17, 15) is 14.7 Å². The van der Waals surface area contributed by atoms with Crippen molar-refractivity contribution in [2.24, 2.45) is 11.8 Å². The van der Waals surface area contributed by atoms with Crippen molar-refractivity contribution in [1.82, 2.24) is 0 Å². The van der Waals surface area contributed by atoms with Gasteiger partial charge >= 0.3 is 5.97 Å². The van der Waals surface area contributed by atoms with Crippen molar-refractivity contribution in [3.05, 3.63) is 46.7 Å². The molecule has 1 fully saturated rings. The molecule has 1 aromatic rings. The average molecular weight is 358 g/mol. The van der Waals surface area contributed by atoms with Gasteiger partial charge in [-0.2, -0.15) is 0 Å². The first-order chi connectivity index (χ1) is 12.0. The van der Waals surface area contributed by atoms with Crippen LogP contribution in [0.1, 0.15) is 59.1 Å². The van der Waals surface area contributed by atoms with Crippen molar-refractivity contribution < 1.29 is 19.4 Å². The highest BCUT2D eigenvalue weighted by Crippen LogP contribution is 2.28. The largest absolute Gasteiger partial charge is 0.511 e. The van der Waals surface area contributed by atoms with E-state index >= 15 is 0 Å². The summed E-state index contributed by atoms with van der Waals surface area (Å²) in [6.07, 6.45) is 0.261. The molecule has 0 aliphatic carbocycles. The molecule has 0 amide bonds. The van der Waals surface area contributed by atoms with Crippen LogP contribution in [0.5, 0.6) is 0 Å². The molecule has 1 aliphatic heterocycles. The summed E-state index contributed by atoms with van der Waals surface area (Å²) in [5.74, 6) is -1.35. The maximum absolute atomic E-state index is 12.4. The van der Waals surface area contributed by atoms with E-state index in [0.29, 0.717) is 12.8 Å². The molecule has 142 valence electrons. The summed E-state index contributed by atoms with van der Waals surface area (Å²) < 4.78 is 5.17. The van der Waals surface area contributed by atoms with Crippen LogP contribution in [0.2, 0.25) is 0 Å². The second kappa shape index (κ2) is 7.65. The van der Waals surface area contributed by atoms with Crippen molar-refractivity contribution in [3.63, 3.8) is 0 Å². The van der Waals surface area contributed by atoms with Gasteiger partial charge in [-0.25, -0.2) is 4.79 Å². The number of carbonyl (C=O) groups excluding carboxylic acids is 2. The highest BCUT2D eigenvalue weighted by Gasteiger charge is 2.41. The third-order valence-corrected chi connectivity index (χ3v) is 4.76. The Bertz CT molecular complexity index is 705. The van der Waals surface area contributed by atoms with E-state index in [1.165, 1.54) is 5.56 Å². The summed E-state index contributed by atoms with van der Waals surface area (Å²) in [6.45, 7) is 12.2. The number of ketones is 1. The molecule has 0 bridgehead atoms. The van der Waals surface area contributed by atoms with Crippen LogP contribution in [0.3, 0.4) is 0 Å². The third-order valence-electron chi connectivity index (χ3n) is 4.76. The lowest BCUT2D eigenvalue weighted by molar-refractivity contribution is -0.141. The Morgan fingerprint density at radius 2 is 1.69 bits per heavy atom.